The third kappa shape index (κ3) is 2.13. The van der Waals surface area contributed by atoms with Crippen molar-refractivity contribution in [2.45, 2.75) is 20.6 Å². The SMILES string of the molecule is [2H]C([2H])([2H])c1cc(-c2cc(F)cc(F)c2C)[n+](C)cc1C([2H])([2H])[2H]. The number of halogens is 2. The van der Waals surface area contributed by atoms with Gasteiger partial charge in [0.15, 0.2) is 6.20 Å². The van der Waals surface area contributed by atoms with E-state index in [1.165, 1.54) is 24.7 Å². The van der Waals surface area contributed by atoms with Gasteiger partial charge in [0, 0.05) is 25.9 Å². The average molecular weight is 254 g/mol. The Morgan fingerprint density at radius 1 is 1.11 bits per heavy atom. The number of rotatable bonds is 1. The Hall–Kier alpha value is -1.77. The number of benzene rings is 1. The standard InChI is InChI=1S/C15H16F2N/c1-9-5-15(18(4)8-10(9)2)13-6-12(16)7-14(17)11(13)3/h5-8H,1-4H3/q+1/i1D3,2D3. The molecule has 0 fully saturated rings. The lowest BCUT2D eigenvalue weighted by Crippen LogP contribution is -2.31. The van der Waals surface area contributed by atoms with Crippen LogP contribution in [0.2, 0.25) is 0 Å². The zero-order valence-electron chi connectivity index (χ0n) is 16.0. The van der Waals surface area contributed by atoms with Crippen LogP contribution in [0.4, 0.5) is 8.78 Å². The van der Waals surface area contributed by atoms with E-state index in [2.05, 4.69) is 0 Å². The Labute approximate surface area is 114 Å². The molecule has 0 N–H and O–H groups in total. The number of aromatic nitrogens is 1. The summed E-state index contributed by atoms with van der Waals surface area (Å²) in [6.07, 6.45) is 1.17. The van der Waals surface area contributed by atoms with Gasteiger partial charge in [0.05, 0.1) is 5.56 Å². The maximum absolute atomic E-state index is 13.8. The third-order valence-corrected chi connectivity index (χ3v) is 2.86. The van der Waals surface area contributed by atoms with E-state index in [0.29, 0.717) is 0 Å². The summed E-state index contributed by atoms with van der Waals surface area (Å²) in [6.45, 7) is -3.86. The van der Waals surface area contributed by atoms with Gasteiger partial charge < -0.3 is 0 Å². The molecule has 1 nitrogen and oxygen atoms in total. The summed E-state index contributed by atoms with van der Waals surface area (Å²) in [5.41, 5.74) is -0.157. The summed E-state index contributed by atoms with van der Waals surface area (Å²) < 4.78 is 74.1. The molecule has 0 saturated heterocycles. The lowest BCUT2D eigenvalue weighted by atomic mass is 10.0. The Morgan fingerprint density at radius 2 is 1.83 bits per heavy atom. The van der Waals surface area contributed by atoms with Crippen molar-refractivity contribution in [2.24, 2.45) is 7.05 Å². The smallest absolute Gasteiger partial charge is 0.207 e. The van der Waals surface area contributed by atoms with Crippen LogP contribution in [0, 0.1) is 32.3 Å². The summed E-state index contributed by atoms with van der Waals surface area (Å²) in [7, 11) is 1.50. The summed E-state index contributed by atoms with van der Waals surface area (Å²) in [4.78, 5) is 0. The van der Waals surface area contributed by atoms with E-state index in [1.807, 2.05) is 0 Å². The summed E-state index contributed by atoms with van der Waals surface area (Å²) >= 11 is 0. The zero-order valence-corrected chi connectivity index (χ0v) is 10.0. The van der Waals surface area contributed by atoms with E-state index in [9.17, 15) is 8.78 Å². The van der Waals surface area contributed by atoms with E-state index < -0.39 is 25.3 Å². The Balaban J connectivity index is 2.84. The number of nitrogens with zero attached hydrogens (tertiary/aromatic N) is 1. The molecular formula is C15H16F2N+. The minimum atomic E-state index is -2.67. The van der Waals surface area contributed by atoms with Gasteiger partial charge in [-0.05, 0) is 37.8 Å². The average Bonchev–Trinajstić information content (AvgIpc) is 2.40. The van der Waals surface area contributed by atoms with Crippen molar-refractivity contribution in [3.63, 3.8) is 0 Å². The molecule has 0 aliphatic heterocycles. The van der Waals surface area contributed by atoms with Gasteiger partial charge in [-0.3, -0.25) is 0 Å². The third-order valence-electron chi connectivity index (χ3n) is 2.86. The number of hydrogen-bond donors (Lipinski definition) is 0. The molecule has 2 aromatic rings. The van der Waals surface area contributed by atoms with Crippen molar-refractivity contribution >= 4 is 0 Å². The number of hydrogen-bond acceptors (Lipinski definition) is 0. The maximum atomic E-state index is 13.8. The van der Waals surface area contributed by atoms with Crippen molar-refractivity contribution in [1.82, 2.24) is 0 Å². The van der Waals surface area contributed by atoms with Crippen LogP contribution < -0.4 is 4.57 Å². The first-order valence-electron chi connectivity index (χ1n) is 8.33. The normalized spacial score (nSPS) is 17.1. The second-order valence-corrected chi connectivity index (χ2v) is 4.16. The molecule has 0 saturated carbocycles. The highest BCUT2D eigenvalue weighted by molar-refractivity contribution is 5.62. The van der Waals surface area contributed by atoms with Gasteiger partial charge in [-0.2, -0.15) is 0 Å². The van der Waals surface area contributed by atoms with Crippen LogP contribution >= 0.6 is 0 Å². The van der Waals surface area contributed by atoms with Crippen molar-refractivity contribution in [1.29, 1.82) is 0 Å². The second-order valence-electron chi connectivity index (χ2n) is 4.16. The maximum Gasteiger partial charge on any atom is 0.213 e. The predicted molar refractivity (Wildman–Crippen MR) is 67.2 cm³/mol. The Morgan fingerprint density at radius 3 is 2.50 bits per heavy atom. The molecule has 1 aromatic carbocycles. The van der Waals surface area contributed by atoms with Gasteiger partial charge in [0.1, 0.15) is 18.7 Å². The fraction of sp³-hybridized carbons (Fsp3) is 0.267. The lowest BCUT2D eigenvalue weighted by Gasteiger charge is -2.08. The van der Waals surface area contributed by atoms with Crippen LogP contribution in [0.3, 0.4) is 0 Å². The Kier molecular flexibility index (Phi) is 1.74. The molecule has 0 amide bonds. The van der Waals surface area contributed by atoms with Gasteiger partial charge in [-0.25, -0.2) is 13.3 Å². The van der Waals surface area contributed by atoms with Gasteiger partial charge in [-0.1, -0.05) is 0 Å². The summed E-state index contributed by atoms with van der Waals surface area (Å²) in [6, 6.07) is 2.99. The molecule has 3 heteroatoms. The highest BCUT2D eigenvalue weighted by atomic mass is 19.1. The van der Waals surface area contributed by atoms with Crippen molar-refractivity contribution in [3.05, 3.63) is 52.7 Å². The molecule has 0 atom stereocenters. The van der Waals surface area contributed by atoms with E-state index in [0.717, 1.165) is 18.2 Å². The largest absolute Gasteiger partial charge is 0.213 e. The molecule has 1 aromatic heterocycles. The summed E-state index contributed by atoms with van der Waals surface area (Å²) in [5, 5.41) is 0. The van der Waals surface area contributed by atoms with Crippen LogP contribution in [0.25, 0.3) is 11.3 Å². The molecule has 2 rings (SSSR count). The predicted octanol–water partition coefficient (Wildman–Crippen LogP) is 3.38. The molecular weight excluding hydrogens is 232 g/mol. The van der Waals surface area contributed by atoms with Crippen LogP contribution in [-0.2, 0) is 7.05 Å². The first-order chi connectivity index (χ1) is 10.8. The van der Waals surface area contributed by atoms with Gasteiger partial charge in [0.2, 0.25) is 5.69 Å². The minimum absolute atomic E-state index is 0.144. The molecule has 0 bridgehead atoms. The van der Waals surface area contributed by atoms with Crippen molar-refractivity contribution in [3.8, 4) is 11.3 Å². The monoisotopic (exact) mass is 254 g/mol. The molecule has 0 radical (unpaired) electrons. The molecule has 94 valence electrons. The van der Waals surface area contributed by atoms with Crippen LogP contribution in [-0.4, -0.2) is 0 Å². The minimum Gasteiger partial charge on any atom is -0.207 e. The first-order valence-corrected chi connectivity index (χ1v) is 5.33. The lowest BCUT2D eigenvalue weighted by molar-refractivity contribution is -0.660. The van der Waals surface area contributed by atoms with Crippen LogP contribution in [0.15, 0.2) is 24.4 Å². The van der Waals surface area contributed by atoms with E-state index in [1.54, 1.807) is 0 Å². The van der Waals surface area contributed by atoms with Crippen LogP contribution in [0.1, 0.15) is 24.9 Å². The highest BCUT2D eigenvalue weighted by Crippen LogP contribution is 2.25. The van der Waals surface area contributed by atoms with Gasteiger partial charge in [0.25, 0.3) is 0 Å². The molecule has 18 heavy (non-hydrogen) atoms. The number of aryl methyl sites for hydroxylation is 3. The van der Waals surface area contributed by atoms with E-state index >= 15 is 0 Å². The quantitative estimate of drug-likeness (QED) is 0.687. The Bertz CT molecular complexity index is 796. The van der Waals surface area contributed by atoms with Crippen molar-refractivity contribution < 1.29 is 21.6 Å². The molecule has 0 unspecified atom stereocenters. The summed E-state index contributed by atoms with van der Waals surface area (Å²) in [5.74, 6) is -1.57. The van der Waals surface area contributed by atoms with E-state index in [4.69, 9.17) is 8.22 Å². The fourth-order valence-corrected chi connectivity index (χ4v) is 1.83. The molecule has 0 aliphatic rings. The molecule has 1 heterocycles. The molecule has 0 spiro atoms. The fourth-order valence-electron chi connectivity index (χ4n) is 1.83. The van der Waals surface area contributed by atoms with Gasteiger partial charge >= 0.3 is 0 Å². The van der Waals surface area contributed by atoms with Crippen LogP contribution in [0.5, 0.6) is 0 Å². The highest BCUT2D eigenvalue weighted by Gasteiger charge is 2.17. The van der Waals surface area contributed by atoms with Gasteiger partial charge in [-0.15, -0.1) is 0 Å². The van der Waals surface area contributed by atoms with E-state index in [-0.39, 0.29) is 27.9 Å². The topological polar surface area (TPSA) is 3.88 Å². The van der Waals surface area contributed by atoms with Crippen molar-refractivity contribution in [2.75, 3.05) is 0 Å². The molecule has 0 aliphatic carbocycles. The second kappa shape index (κ2) is 4.48. The first kappa shape index (κ1) is 6.98. The number of pyridine rings is 1. The zero-order chi connectivity index (χ0) is 18.4.